The van der Waals surface area contributed by atoms with Crippen molar-refractivity contribution in [3.8, 4) is 0 Å². The Morgan fingerprint density at radius 1 is 1.41 bits per heavy atom. The van der Waals surface area contributed by atoms with E-state index in [1.807, 2.05) is 13.8 Å². The minimum atomic E-state index is -0.857. The van der Waals surface area contributed by atoms with Gasteiger partial charge in [0.25, 0.3) is 0 Å². The number of H-pyrrole nitrogens is 1. The second-order valence-corrected chi connectivity index (χ2v) is 8.06. The Labute approximate surface area is 157 Å². The van der Waals surface area contributed by atoms with Crippen molar-refractivity contribution in [1.82, 2.24) is 20.2 Å². The van der Waals surface area contributed by atoms with Crippen LogP contribution >= 0.6 is 0 Å². The number of aromatic amines is 1. The van der Waals surface area contributed by atoms with Gasteiger partial charge in [0, 0.05) is 37.7 Å². The summed E-state index contributed by atoms with van der Waals surface area (Å²) in [5, 5.41) is 2.76. The van der Waals surface area contributed by atoms with Gasteiger partial charge in [-0.15, -0.1) is 0 Å². The summed E-state index contributed by atoms with van der Waals surface area (Å²) in [4.78, 5) is 57.1. The molecule has 4 N–H and O–H groups in total. The van der Waals surface area contributed by atoms with E-state index in [4.69, 9.17) is 5.73 Å². The summed E-state index contributed by atoms with van der Waals surface area (Å²) >= 11 is 0. The number of carbonyl (C=O) groups excluding carboxylic acids is 4. The van der Waals surface area contributed by atoms with Crippen molar-refractivity contribution in [2.24, 2.45) is 17.1 Å². The molecule has 9 heteroatoms. The van der Waals surface area contributed by atoms with Crippen LogP contribution in [-0.2, 0) is 25.6 Å². The van der Waals surface area contributed by atoms with Crippen molar-refractivity contribution in [1.29, 1.82) is 0 Å². The maximum absolute atomic E-state index is 13.2. The summed E-state index contributed by atoms with van der Waals surface area (Å²) in [7, 11) is 0. The molecular formula is C18H25N5O4. The minimum absolute atomic E-state index is 0.0432. The SMILES string of the molecule is CC1(C)CCN(C(=O)[C@H](Cc2cnc[nH]2)NC(=O)C2CC(=O)C2)[C@@H]1C(N)=O. The Morgan fingerprint density at radius 3 is 2.67 bits per heavy atom. The molecule has 1 saturated carbocycles. The van der Waals surface area contributed by atoms with Crippen LogP contribution in [0.15, 0.2) is 12.5 Å². The van der Waals surface area contributed by atoms with Crippen LogP contribution in [0.25, 0.3) is 0 Å². The van der Waals surface area contributed by atoms with Crippen LogP contribution < -0.4 is 11.1 Å². The van der Waals surface area contributed by atoms with Gasteiger partial charge in [-0.3, -0.25) is 19.2 Å². The van der Waals surface area contributed by atoms with Gasteiger partial charge in [0.05, 0.1) is 12.2 Å². The topological polar surface area (TPSA) is 138 Å². The number of imidazole rings is 1. The highest BCUT2D eigenvalue weighted by atomic mass is 16.2. The third kappa shape index (κ3) is 3.86. The zero-order chi connectivity index (χ0) is 19.8. The first-order valence-corrected chi connectivity index (χ1v) is 9.08. The third-order valence-electron chi connectivity index (χ3n) is 5.51. The predicted molar refractivity (Wildman–Crippen MR) is 95.0 cm³/mol. The molecule has 3 amide bonds. The largest absolute Gasteiger partial charge is 0.368 e. The summed E-state index contributed by atoms with van der Waals surface area (Å²) in [6, 6.07) is -1.58. The van der Waals surface area contributed by atoms with E-state index in [9.17, 15) is 19.2 Å². The van der Waals surface area contributed by atoms with Gasteiger partial charge in [0.2, 0.25) is 17.7 Å². The van der Waals surface area contributed by atoms with Crippen LogP contribution in [0.3, 0.4) is 0 Å². The Hall–Kier alpha value is -2.71. The molecule has 0 radical (unpaired) electrons. The molecule has 27 heavy (non-hydrogen) atoms. The van der Waals surface area contributed by atoms with E-state index in [0.717, 1.165) is 0 Å². The highest BCUT2D eigenvalue weighted by Gasteiger charge is 2.48. The van der Waals surface area contributed by atoms with Crippen molar-refractivity contribution >= 4 is 23.5 Å². The number of ketones is 1. The van der Waals surface area contributed by atoms with E-state index in [-0.39, 0.29) is 36.9 Å². The minimum Gasteiger partial charge on any atom is -0.368 e. The smallest absolute Gasteiger partial charge is 0.246 e. The number of amides is 3. The monoisotopic (exact) mass is 375 g/mol. The Bertz CT molecular complexity index is 750. The lowest BCUT2D eigenvalue weighted by Gasteiger charge is -2.33. The van der Waals surface area contributed by atoms with Crippen molar-refractivity contribution in [2.45, 2.75) is 51.6 Å². The molecule has 2 fully saturated rings. The molecule has 1 aliphatic carbocycles. The lowest BCUT2D eigenvalue weighted by molar-refractivity contribution is -0.144. The number of Topliss-reactive ketones (excluding diaryl/α,β-unsaturated/α-hetero) is 1. The number of carbonyl (C=O) groups is 4. The molecule has 2 aliphatic rings. The maximum Gasteiger partial charge on any atom is 0.246 e. The molecule has 0 aromatic carbocycles. The van der Waals surface area contributed by atoms with Gasteiger partial charge >= 0.3 is 0 Å². The van der Waals surface area contributed by atoms with Crippen molar-refractivity contribution < 1.29 is 19.2 Å². The number of nitrogens with zero attached hydrogens (tertiary/aromatic N) is 2. The van der Waals surface area contributed by atoms with E-state index in [1.54, 1.807) is 6.20 Å². The molecule has 1 aliphatic heterocycles. The quantitative estimate of drug-likeness (QED) is 0.617. The van der Waals surface area contributed by atoms with Crippen molar-refractivity contribution in [3.05, 3.63) is 18.2 Å². The molecule has 3 rings (SSSR count). The fourth-order valence-corrected chi connectivity index (χ4v) is 3.85. The van der Waals surface area contributed by atoms with E-state index in [0.29, 0.717) is 18.7 Å². The molecule has 1 aromatic heterocycles. The standard InChI is InChI=1S/C18H25N5O4/c1-18(2)3-4-23(14(18)15(19)25)17(27)13(7-11-8-20-9-21-11)22-16(26)10-5-12(24)6-10/h8-10,13-14H,3-7H2,1-2H3,(H2,19,25)(H,20,21)(H,22,26)/t13-,14+/m0/s1. The van der Waals surface area contributed by atoms with Crippen LogP contribution in [0.4, 0.5) is 0 Å². The van der Waals surface area contributed by atoms with E-state index in [1.165, 1.54) is 11.2 Å². The van der Waals surface area contributed by atoms with Gasteiger partial charge in [-0.2, -0.15) is 0 Å². The first kappa shape index (κ1) is 19.1. The molecule has 2 atom stereocenters. The van der Waals surface area contributed by atoms with E-state index >= 15 is 0 Å². The number of nitrogens with two attached hydrogens (primary N) is 1. The van der Waals surface area contributed by atoms with E-state index < -0.39 is 29.3 Å². The normalized spacial score (nSPS) is 23.0. The van der Waals surface area contributed by atoms with Crippen molar-refractivity contribution in [2.75, 3.05) is 6.54 Å². The second kappa shape index (κ2) is 7.13. The number of likely N-dealkylation sites (tertiary alicyclic amines) is 1. The van der Waals surface area contributed by atoms with Gasteiger partial charge in [-0.1, -0.05) is 13.8 Å². The van der Waals surface area contributed by atoms with E-state index in [2.05, 4.69) is 15.3 Å². The number of hydrogen-bond acceptors (Lipinski definition) is 5. The molecule has 2 heterocycles. The number of aromatic nitrogens is 2. The van der Waals surface area contributed by atoms with Crippen LogP contribution in [-0.4, -0.2) is 57.0 Å². The summed E-state index contributed by atoms with van der Waals surface area (Å²) in [5.74, 6) is -1.57. The Morgan fingerprint density at radius 2 is 2.11 bits per heavy atom. The zero-order valence-electron chi connectivity index (χ0n) is 15.5. The number of rotatable bonds is 6. The predicted octanol–water partition coefficient (Wildman–Crippen LogP) is -0.471. The fraction of sp³-hybridized carbons (Fsp3) is 0.611. The Balaban J connectivity index is 1.78. The molecule has 1 aromatic rings. The Kier molecular flexibility index (Phi) is 5.03. The first-order chi connectivity index (χ1) is 12.7. The van der Waals surface area contributed by atoms with Gasteiger partial charge in [-0.25, -0.2) is 4.98 Å². The summed E-state index contributed by atoms with van der Waals surface area (Å²) < 4.78 is 0. The fourth-order valence-electron chi connectivity index (χ4n) is 3.85. The summed E-state index contributed by atoms with van der Waals surface area (Å²) in [5.41, 5.74) is 5.82. The summed E-state index contributed by atoms with van der Waals surface area (Å²) in [6.45, 7) is 4.20. The molecule has 9 nitrogen and oxygen atoms in total. The highest BCUT2D eigenvalue weighted by Crippen LogP contribution is 2.36. The molecule has 146 valence electrons. The first-order valence-electron chi connectivity index (χ1n) is 9.08. The zero-order valence-corrected chi connectivity index (χ0v) is 15.5. The molecule has 1 saturated heterocycles. The molecule has 0 bridgehead atoms. The third-order valence-corrected chi connectivity index (χ3v) is 5.51. The van der Waals surface area contributed by atoms with Crippen LogP contribution in [0.1, 0.15) is 38.8 Å². The maximum atomic E-state index is 13.2. The van der Waals surface area contributed by atoms with Gasteiger partial charge in [0.15, 0.2) is 0 Å². The summed E-state index contributed by atoms with van der Waals surface area (Å²) in [6.07, 6.45) is 4.35. The lowest BCUT2D eigenvalue weighted by Crippen LogP contribution is -2.57. The van der Waals surface area contributed by atoms with Crippen LogP contribution in [0.2, 0.25) is 0 Å². The number of primary amides is 1. The average molecular weight is 375 g/mol. The molecule has 0 unspecified atom stereocenters. The van der Waals surface area contributed by atoms with Gasteiger partial charge in [-0.05, 0) is 11.8 Å². The second-order valence-electron chi connectivity index (χ2n) is 8.06. The average Bonchev–Trinajstić information content (AvgIpc) is 3.17. The number of nitrogens with one attached hydrogen (secondary N) is 2. The van der Waals surface area contributed by atoms with Gasteiger partial charge < -0.3 is 20.9 Å². The highest BCUT2D eigenvalue weighted by molar-refractivity contribution is 5.98. The van der Waals surface area contributed by atoms with Crippen LogP contribution in [0.5, 0.6) is 0 Å². The lowest BCUT2D eigenvalue weighted by atomic mass is 9.83. The van der Waals surface area contributed by atoms with Crippen LogP contribution in [0, 0.1) is 11.3 Å². The molecular weight excluding hydrogens is 350 g/mol. The van der Waals surface area contributed by atoms with Crippen molar-refractivity contribution in [3.63, 3.8) is 0 Å². The molecule has 0 spiro atoms. The number of hydrogen-bond donors (Lipinski definition) is 3. The van der Waals surface area contributed by atoms with Gasteiger partial charge in [0.1, 0.15) is 17.9 Å².